The van der Waals surface area contributed by atoms with Crippen molar-refractivity contribution in [3.05, 3.63) is 38.8 Å². The van der Waals surface area contributed by atoms with Crippen LogP contribution in [0.15, 0.2) is 23.1 Å². The molecule has 1 N–H and O–H groups in total. The minimum absolute atomic E-state index is 0.124. The molecular formula is C13H12N2O5S. The molecule has 1 aromatic rings. The second kappa shape index (κ2) is 5.57. The van der Waals surface area contributed by atoms with Crippen LogP contribution in [-0.4, -0.2) is 32.1 Å². The lowest BCUT2D eigenvalue weighted by atomic mass is 10.1. The van der Waals surface area contributed by atoms with Gasteiger partial charge >= 0.3 is 0 Å². The maximum absolute atomic E-state index is 12.1. The maximum Gasteiger partial charge on any atom is 0.293 e. The van der Waals surface area contributed by atoms with E-state index >= 15 is 0 Å². The number of amides is 2. The molecule has 1 saturated heterocycles. The minimum Gasteiger partial charge on any atom is -0.507 e. The highest BCUT2D eigenvalue weighted by Crippen LogP contribution is 2.35. The molecule has 0 spiro atoms. The number of aromatic hydroxyl groups is 1. The average molecular weight is 308 g/mol. The summed E-state index contributed by atoms with van der Waals surface area (Å²) in [5.41, 5.74) is -0.0828. The van der Waals surface area contributed by atoms with Crippen LogP contribution in [-0.2, 0) is 4.79 Å². The monoisotopic (exact) mass is 308 g/mol. The Hall–Kier alpha value is -2.35. The molecule has 0 aromatic heterocycles. The molecule has 1 aliphatic heterocycles. The van der Waals surface area contributed by atoms with Crippen molar-refractivity contribution >= 4 is 34.7 Å². The van der Waals surface area contributed by atoms with Gasteiger partial charge in [0.1, 0.15) is 5.75 Å². The van der Waals surface area contributed by atoms with Gasteiger partial charge in [-0.3, -0.25) is 24.6 Å². The van der Waals surface area contributed by atoms with Crippen molar-refractivity contribution in [2.75, 3.05) is 0 Å². The second-order valence-electron chi connectivity index (χ2n) is 4.65. The smallest absolute Gasteiger partial charge is 0.293 e. The number of nitro groups is 1. The van der Waals surface area contributed by atoms with Crippen LogP contribution >= 0.6 is 11.8 Å². The van der Waals surface area contributed by atoms with Crippen molar-refractivity contribution in [1.82, 2.24) is 4.90 Å². The standard InChI is InChI=1S/C13H12N2O5S/c1-7(2)14-12(17)11(21-13(14)18)6-8-5-9(15(19)20)3-4-10(8)16/h3-7,16H,1-2H3/b11-6+. The summed E-state index contributed by atoms with van der Waals surface area (Å²) in [5.74, 6) is -0.664. The number of phenols is 1. The van der Waals surface area contributed by atoms with Crippen LogP contribution in [0.2, 0.25) is 0 Å². The van der Waals surface area contributed by atoms with Gasteiger partial charge in [0, 0.05) is 23.7 Å². The second-order valence-corrected chi connectivity index (χ2v) is 5.64. The summed E-state index contributed by atoms with van der Waals surface area (Å²) in [6, 6.07) is 3.21. The van der Waals surface area contributed by atoms with E-state index in [0.717, 1.165) is 28.8 Å². The third-order valence-electron chi connectivity index (χ3n) is 2.85. The van der Waals surface area contributed by atoms with E-state index < -0.39 is 16.1 Å². The van der Waals surface area contributed by atoms with E-state index in [4.69, 9.17) is 0 Å². The van der Waals surface area contributed by atoms with Gasteiger partial charge in [0.25, 0.3) is 16.8 Å². The zero-order valence-electron chi connectivity index (χ0n) is 11.3. The van der Waals surface area contributed by atoms with Crippen molar-refractivity contribution in [2.24, 2.45) is 0 Å². The van der Waals surface area contributed by atoms with Crippen LogP contribution in [0, 0.1) is 10.1 Å². The predicted octanol–water partition coefficient (Wildman–Crippen LogP) is 2.75. The number of phenolic OH excluding ortho intramolecular Hbond substituents is 1. The summed E-state index contributed by atoms with van der Waals surface area (Å²) in [7, 11) is 0. The van der Waals surface area contributed by atoms with Crippen molar-refractivity contribution in [3.8, 4) is 5.75 Å². The molecule has 110 valence electrons. The summed E-state index contributed by atoms with van der Waals surface area (Å²) in [6.45, 7) is 3.42. The Morgan fingerprint density at radius 1 is 1.38 bits per heavy atom. The van der Waals surface area contributed by atoms with Gasteiger partial charge in [0.15, 0.2) is 0 Å². The Balaban J connectivity index is 2.41. The van der Waals surface area contributed by atoms with E-state index in [1.54, 1.807) is 13.8 Å². The molecular weight excluding hydrogens is 296 g/mol. The highest BCUT2D eigenvalue weighted by atomic mass is 32.2. The summed E-state index contributed by atoms with van der Waals surface area (Å²) >= 11 is 0.745. The van der Waals surface area contributed by atoms with Crippen LogP contribution in [0.5, 0.6) is 5.75 Å². The first-order chi connectivity index (χ1) is 9.81. The molecule has 2 amide bonds. The molecule has 2 rings (SSSR count). The van der Waals surface area contributed by atoms with Crippen molar-refractivity contribution in [3.63, 3.8) is 0 Å². The van der Waals surface area contributed by atoms with Crippen molar-refractivity contribution in [2.45, 2.75) is 19.9 Å². The Kier molecular flexibility index (Phi) is 3.99. The highest BCUT2D eigenvalue weighted by Gasteiger charge is 2.36. The Morgan fingerprint density at radius 2 is 2.05 bits per heavy atom. The number of thioether (sulfide) groups is 1. The summed E-state index contributed by atoms with van der Waals surface area (Å²) in [6.07, 6.45) is 1.29. The largest absolute Gasteiger partial charge is 0.507 e. The normalized spacial score (nSPS) is 17.1. The lowest BCUT2D eigenvalue weighted by molar-refractivity contribution is -0.384. The SMILES string of the molecule is CC(C)N1C(=O)S/C(=C/c2cc([N+](=O)[O-])ccc2O)C1=O. The Morgan fingerprint density at radius 3 is 2.57 bits per heavy atom. The number of carbonyl (C=O) groups excluding carboxylic acids is 2. The van der Waals surface area contributed by atoms with Gasteiger partial charge in [-0.05, 0) is 37.8 Å². The molecule has 1 fully saturated rings. The number of rotatable bonds is 3. The Bertz CT molecular complexity index is 669. The molecule has 8 heteroatoms. The van der Waals surface area contributed by atoms with Gasteiger partial charge < -0.3 is 5.11 Å². The van der Waals surface area contributed by atoms with E-state index in [1.807, 2.05) is 0 Å². The molecule has 7 nitrogen and oxygen atoms in total. The minimum atomic E-state index is -0.601. The maximum atomic E-state index is 12.1. The van der Waals surface area contributed by atoms with E-state index in [2.05, 4.69) is 0 Å². The first kappa shape index (κ1) is 15.0. The van der Waals surface area contributed by atoms with Gasteiger partial charge in [-0.15, -0.1) is 0 Å². The molecule has 0 radical (unpaired) electrons. The zero-order valence-corrected chi connectivity index (χ0v) is 12.1. The molecule has 0 atom stereocenters. The number of hydrogen-bond donors (Lipinski definition) is 1. The van der Waals surface area contributed by atoms with Gasteiger partial charge in [0.05, 0.1) is 9.83 Å². The topological polar surface area (TPSA) is 101 Å². The molecule has 1 aromatic carbocycles. The third kappa shape index (κ3) is 2.89. The number of hydrogen-bond acceptors (Lipinski definition) is 6. The number of benzene rings is 1. The third-order valence-corrected chi connectivity index (χ3v) is 3.73. The zero-order chi connectivity index (χ0) is 15.7. The molecule has 0 bridgehead atoms. The van der Waals surface area contributed by atoms with Crippen molar-refractivity contribution in [1.29, 1.82) is 0 Å². The number of nitro benzene ring substituents is 1. The fourth-order valence-electron chi connectivity index (χ4n) is 1.84. The van der Waals surface area contributed by atoms with E-state index in [-0.39, 0.29) is 27.9 Å². The number of nitrogens with zero attached hydrogens (tertiary/aromatic N) is 2. The number of carbonyl (C=O) groups is 2. The summed E-state index contributed by atoms with van der Waals surface area (Å²) in [5, 5.41) is 20.0. The summed E-state index contributed by atoms with van der Waals surface area (Å²) in [4.78, 5) is 35.2. The first-order valence-corrected chi connectivity index (χ1v) is 6.87. The fourth-order valence-corrected chi connectivity index (χ4v) is 2.79. The lowest BCUT2D eigenvalue weighted by Crippen LogP contribution is -2.34. The number of non-ortho nitro benzene ring substituents is 1. The van der Waals surface area contributed by atoms with Crippen LogP contribution in [0.3, 0.4) is 0 Å². The average Bonchev–Trinajstić information content (AvgIpc) is 2.66. The lowest BCUT2D eigenvalue weighted by Gasteiger charge is -2.16. The number of imide groups is 1. The first-order valence-electron chi connectivity index (χ1n) is 6.05. The molecule has 0 unspecified atom stereocenters. The Labute approximate surface area is 124 Å². The van der Waals surface area contributed by atoms with E-state index in [1.165, 1.54) is 12.1 Å². The molecule has 1 aliphatic rings. The van der Waals surface area contributed by atoms with Crippen LogP contribution < -0.4 is 0 Å². The molecule has 0 saturated carbocycles. The van der Waals surface area contributed by atoms with Crippen molar-refractivity contribution < 1.29 is 19.6 Å². The van der Waals surface area contributed by atoms with Crippen LogP contribution in [0.4, 0.5) is 10.5 Å². The van der Waals surface area contributed by atoms with Gasteiger partial charge in [0.2, 0.25) is 0 Å². The van der Waals surface area contributed by atoms with Gasteiger partial charge in [-0.25, -0.2) is 0 Å². The van der Waals surface area contributed by atoms with Gasteiger partial charge in [-0.1, -0.05) is 0 Å². The predicted molar refractivity (Wildman–Crippen MR) is 77.7 cm³/mol. The van der Waals surface area contributed by atoms with E-state index in [0.29, 0.717) is 0 Å². The van der Waals surface area contributed by atoms with Gasteiger partial charge in [-0.2, -0.15) is 0 Å². The molecule has 0 aliphatic carbocycles. The van der Waals surface area contributed by atoms with E-state index in [9.17, 15) is 24.8 Å². The van der Waals surface area contributed by atoms with Crippen LogP contribution in [0.25, 0.3) is 6.08 Å². The quantitative estimate of drug-likeness (QED) is 0.523. The highest BCUT2D eigenvalue weighted by molar-refractivity contribution is 8.18. The molecule has 21 heavy (non-hydrogen) atoms. The summed E-state index contributed by atoms with van der Waals surface area (Å²) < 4.78 is 0. The molecule has 1 heterocycles. The fraction of sp³-hybridized carbons (Fsp3) is 0.231. The van der Waals surface area contributed by atoms with Crippen LogP contribution in [0.1, 0.15) is 19.4 Å².